The zero-order valence-electron chi connectivity index (χ0n) is 11.8. The van der Waals surface area contributed by atoms with Crippen molar-refractivity contribution < 1.29 is 8.91 Å². The molecule has 2 heterocycles. The van der Waals surface area contributed by atoms with Crippen LogP contribution >= 0.6 is 23.2 Å². The van der Waals surface area contributed by atoms with Gasteiger partial charge in [-0.1, -0.05) is 40.5 Å². The molecule has 0 radical (unpaired) electrons. The van der Waals surface area contributed by atoms with Crippen molar-refractivity contribution in [1.29, 1.82) is 0 Å². The van der Waals surface area contributed by atoms with E-state index in [1.807, 2.05) is 0 Å². The monoisotopic (exact) mass is 354 g/mol. The highest BCUT2D eigenvalue weighted by molar-refractivity contribution is 6.41. The number of aromatic nitrogens is 4. The third kappa shape index (κ3) is 3.11. The Kier molecular flexibility index (Phi) is 4.14. The van der Waals surface area contributed by atoms with E-state index in [1.165, 1.54) is 12.3 Å². The predicted octanol–water partition coefficient (Wildman–Crippen LogP) is 3.10. The topological polar surface area (TPSA) is 73.8 Å². The van der Waals surface area contributed by atoms with E-state index in [9.17, 15) is 9.18 Å². The minimum atomic E-state index is -0.569. The smallest absolute Gasteiger partial charge is 0.287 e. The summed E-state index contributed by atoms with van der Waals surface area (Å²) >= 11 is 11.5. The molecule has 3 rings (SSSR count). The van der Waals surface area contributed by atoms with E-state index >= 15 is 0 Å². The molecular weight excluding hydrogens is 346 g/mol. The van der Waals surface area contributed by atoms with Crippen LogP contribution in [-0.2, 0) is 6.54 Å². The third-order valence-corrected chi connectivity index (χ3v) is 3.87. The zero-order valence-corrected chi connectivity index (χ0v) is 13.3. The molecule has 9 heteroatoms. The largest absolute Gasteiger partial charge is 0.337 e. The molecule has 0 aliphatic heterocycles. The normalized spacial score (nSPS) is 11.0. The van der Waals surface area contributed by atoms with Crippen LogP contribution in [0.25, 0.3) is 11.4 Å². The molecule has 6 nitrogen and oxygen atoms in total. The summed E-state index contributed by atoms with van der Waals surface area (Å²) in [6.07, 6.45) is 1.25. The van der Waals surface area contributed by atoms with Crippen LogP contribution < -0.4 is 5.56 Å². The fourth-order valence-corrected chi connectivity index (χ4v) is 2.12. The average Bonchev–Trinajstić information content (AvgIpc) is 2.99. The van der Waals surface area contributed by atoms with Crippen LogP contribution in [0.2, 0.25) is 10.0 Å². The molecule has 0 aliphatic rings. The first kappa shape index (κ1) is 15.6. The Morgan fingerprint density at radius 2 is 2.13 bits per heavy atom. The lowest BCUT2D eigenvalue weighted by atomic mass is 10.1. The first-order valence-corrected chi connectivity index (χ1v) is 7.21. The van der Waals surface area contributed by atoms with Crippen LogP contribution in [0, 0.1) is 12.7 Å². The molecule has 0 saturated heterocycles. The van der Waals surface area contributed by atoms with E-state index in [0.717, 1.165) is 4.68 Å². The fourth-order valence-electron chi connectivity index (χ4n) is 1.85. The summed E-state index contributed by atoms with van der Waals surface area (Å²) in [5, 5.41) is 7.54. The molecule has 0 bridgehead atoms. The summed E-state index contributed by atoms with van der Waals surface area (Å²) in [5.41, 5.74) is 0.418. The summed E-state index contributed by atoms with van der Waals surface area (Å²) in [6.45, 7) is 1.58. The van der Waals surface area contributed by atoms with Gasteiger partial charge in [0.2, 0.25) is 11.7 Å². The molecule has 3 aromatic rings. The van der Waals surface area contributed by atoms with Crippen LogP contribution in [0.15, 0.2) is 33.7 Å². The van der Waals surface area contributed by atoms with Crippen molar-refractivity contribution in [2.45, 2.75) is 13.5 Å². The van der Waals surface area contributed by atoms with Crippen molar-refractivity contribution in [3.63, 3.8) is 0 Å². The Morgan fingerprint density at radius 1 is 1.35 bits per heavy atom. The Morgan fingerprint density at radius 3 is 2.87 bits per heavy atom. The number of halogens is 3. The van der Waals surface area contributed by atoms with Crippen molar-refractivity contribution >= 4 is 23.2 Å². The van der Waals surface area contributed by atoms with Crippen molar-refractivity contribution in [2.24, 2.45) is 0 Å². The number of nitrogens with zero attached hydrogens (tertiary/aromatic N) is 4. The van der Waals surface area contributed by atoms with Gasteiger partial charge in [0, 0.05) is 5.56 Å². The van der Waals surface area contributed by atoms with Gasteiger partial charge < -0.3 is 4.52 Å². The van der Waals surface area contributed by atoms with E-state index in [2.05, 4.69) is 15.2 Å². The maximum atomic E-state index is 13.6. The van der Waals surface area contributed by atoms with E-state index in [-0.39, 0.29) is 34.1 Å². The molecule has 0 amide bonds. The van der Waals surface area contributed by atoms with E-state index in [0.29, 0.717) is 11.1 Å². The van der Waals surface area contributed by atoms with Crippen molar-refractivity contribution in [1.82, 2.24) is 19.9 Å². The first-order valence-electron chi connectivity index (χ1n) is 6.46. The first-order chi connectivity index (χ1) is 11.0. The van der Waals surface area contributed by atoms with Crippen molar-refractivity contribution in [3.8, 4) is 11.4 Å². The van der Waals surface area contributed by atoms with Crippen molar-refractivity contribution in [3.05, 3.63) is 62.1 Å². The van der Waals surface area contributed by atoms with Gasteiger partial charge in [-0.05, 0) is 18.6 Å². The van der Waals surface area contributed by atoms with Gasteiger partial charge in [-0.3, -0.25) is 4.79 Å². The minimum absolute atomic E-state index is 0.0641. The summed E-state index contributed by atoms with van der Waals surface area (Å²) < 4.78 is 19.7. The molecule has 0 atom stereocenters. The van der Waals surface area contributed by atoms with Gasteiger partial charge in [0.1, 0.15) is 17.4 Å². The van der Waals surface area contributed by atoms with Gasteiger partial charge in [-0.15, -0.1) is 0 Å². The highest BCUT2D eigenvalue weighted by atomic mass is 35.5. The van der Waals surface area contributed by atoms with Gasteiger partial charge in [0.25, 0.3) is 5.56 Å². The maximum Gasteiger partial charge on any atom is 0.287 e. The summed E-state index contributed by atoms with van der Waals surface area (Å²) in [5.74, 6) is -0.0165. The molecule has 0 saturated carbocycles. The number of hydrogen-bond donors (Lipinski definition) is 0. The van der Waals surface area contributed by atoms with E-state index in [4.69, 9.17) is 27.7 Å². The summed E-state index contributed by atoms with van der Waals surface area (Å²) in [7, 11) is 0. The molecule has 2 aromatic heterocycles. The standard InChI is InChI=1S/C14H9Cl2FN4O2/c1-7-2-3-8(4-10(7)17)13-19-11(23-20-13)6-21-14(22)12(16)9(15)5-18-21/h2-5H,6H2,1H3. The average molecular weight is 355 g/mol. The lowest BCUT2D eigenvalue weighted by molar-refractivity contribution is 0.363. The Hall–Kier alpha value is -2.25. The number of aryl methyl sites for hydroxylation is 1. The highest BCUT2D eigenvalue weighted by Crippen LogP contribution is 2.19. The van der Waals surface area contributed by atoms with Crippen molar-refractivity contribution in [2.75, 3.05) is 0 Å². The molecule has 0 spiro atoms. The fraction of sp³-hybridized carbons (Fsp3) is 0.143. The molecule has 0 unspecified atom stereocenters. The molecule has 0 fully saturated rings. The van der Waals surface area contributed by atoms with Crippen LogP contribution in [0.5, 0.6) is 0 Å². The van der Waals surface area contributed by atoms with Crippen LogP contribution in [0.3, 0.4) is 0 Å². The minimum Gasteiger partial charge on any atom is -0.337 e. The van der Waals surface area contributed by atoms with Crippen LogP contribution in [0.4, 0.5) is 4.39 Å². The number of benzene rings is 1. The lowest BCUT2D eigenvalue weighted by Gasteiger charge is -2.01. The second kappa shape index (κ2) is 6.10. The SMILES string of the molecule is Cc1ccc(-c2noc(Cn3ncc(Cl)c(Cl)c3=O)n2)cc1F. The van der Waals surface area contributed by atoms with E-state index < -0.39 is 5.56 Å². The Labute approximate surface area is 139 Å². The van der Waals surface area contributed by atoms with Gasteiger partial charge in [-0.2, -0.15) is 10.1 Å². The molecule has 1 aromatic carbocycles. The van der Waals surface area contributed by atoms with Gasteiger partial charge in [0.05, 0.1) is 11.2 Å². The third-order valence-electron chi connectivity index (χ3n) is 3.13. The quantitative estimate of drug-likeness (QED) is 0.722. The Balaban J connectivity index is 1.89. The summed E-state index contributed by atoms with van der Waals surface area (Å²) in [4.78, 5) is 16.0. The lowest BCUT2D eigenvalue weighted by Crippen LogP contribution is -2.23. The maximum absolute atomic E-state index is 13.6. The van der Waals surface area contributed by atoms with E-state index in [1.54, 1.807) is 19.1 Å². The van der Waals surface area contributed by atoms with Crippen LogP contribution in [0.1, 0.15) is 11.5 Å². The molecule has 23 heavy (non-hydrogen) atoms. The van der Waals surface area contributed by atoms with Gasteiger partial charge in [0.15, 0.2) is 0 Å². The molecule has 118 valence electrons. The number of rotatable bonds is 3. The second-order valence-electron chi connectivity index (χ2n) is 4.74. The van der Waals surface area contributed by atoms with Gasteiger partial charge in [-0.25, -0.2) is 9.07 Å². The molecular formula is C14H9Cl2FN4O2. The highest BCUT2D eigenvalue weighted by Gasteiger charge is 2.13. The Bertz CT molecular complexity index is 939. The zero-order chi connectivity index (χ0) is 16.6. The second-order valence-corrected chi connectivity index (χ2v) is 5.53. The predicted molar refractivity (Wildman–Crippen MR) is 82.0 cm³/mol. The van der Waals surface area contributed by atoms with Gasteiger partial charge >= 0.3 is 0 Å². The summed E-state index contributed by atoms with van der Waals surface area (Å²) in [6, 6.07) is 4.61. The van der Waals surface area contributed by atoms with Crippen LogP contribution in [-0.4, -0.2) is 19.9 Å². The molecule has 0 aliphatic carbocycles. The number of hydrogen-bond acceptors (Lipinski definition) is 5. The molecule has 0 N–H and O–H groups in total.